The Kier molecular flexibility index (Phi) is 6.39. The topological polar surface area (TPSA) is 123 Å². The normalized spacial score (nSPS) is 11.0. The summed E-state index contributed by atoms with van der Waals surface area (Å²) in [6.45, 7) is 0.356. The molecule has 11 heteroatoms. The van der Waals surface area contributed by atoms with Crippen molar-refractivity contribution in [3.05, 3.63) is 84.5 Å². The number of benzene rings is 2. The Hall–Kier alpha value is -3.05. The van der Waals surface area contributed by atoms with E-state index in [1.165, 1.54) is 29.1 Å². The number of carbonyl (C=O) groups is 1. The quantitative estimate of drug-likeness (QED) is 0.289. The molecule has 2 aromatic carbocycles. The zero-order valence-corrected chi connectivity index (χ0v) is 17.8. The number of non-ortho nitro benzene ring substituents is 1. The Labute approximate surface area is 181 Å². The molecule has 0 saturated heterocycles. The number of nitrogens with zero attached hydrogens (tertiary/aromatic N) is 4. The van der Waals surface area contributed by atoms with Crippen molar-refractivity contribution in [1.29, 1.82) is 0 Å². The maximum Gasteiger partial charge on any atom is 0.291 e. The number of phenolic OH excluding ortho intramolecular Hbond substituents is 1. The average Bonchev–Trinajstić information content (AvgIpc) is 3.14. The van der Waals surface area contributed by atoms with Crippen LogP contribution >= 0.6 is 31.9 Å². The molecule has 0 atom stereocenters. The van der Waals surface area contributed by atoms with Crippen LogP contribution in [0.25, 0.3) is 0 Å². The number of halogens is 2. The molecule has 1 amide bonds. The number of hydrogen-bond donors (Lipinski definition) is 2. The number of nitro groups is 1. The molecule has 1 aromatic heterocycles. The zero-order valence-electron chi connectivity index (χ0n) is 14.6. The first kappa shape index (κ1) is 20.7. The van der Waals surface area contributed by atoms with E-state index >= 15 is 0 Å². The number of amides is 1. The lowest BCUT2D eigenvalue weighted by Gasteiger charge is -2.03. The van der Waals surface area contributed by atoms with Gasteiger partial charge in [0.25, 0.3) is 11.6 Å². The monoisotopic (exact) mass is 521 g/mol. The molecular weight excluding hydrogens is 510 g/mol. The van der Waals surface area contributed by atoms with Crippen LogP contribution in [0.3, 0.4) is 0 Å². The van der Waals surface area contributed by atoms with E-state index < -0.39 is 10.8 Å². The Morgan fingerprint density at radius 3 is 2.69 bits per heavy atom. The lowest BCUT2D eigenvalue weighted by atomic mass is 10.2. The summed E-state index contributed by atoms with van der Waals surface area (Å²) in [4.78, 5) is 22.4. The summed E-state index contributed by atoms with van der Waals surface area (Å²) < 4.78 is 2.77. The van der Waals surface area contributed by atoms with E-state index in [9.17, 15) is 20.0 Å². The van der Waals surface area contributed by atoms with Crippen molar-refractivity contribution >= 4 is 49.7 Å². The molecule has 0 bridgehead atoms. The molecule has 0 spiro atoms. The molecule has 148 valence electrons. The third-order valence-electron chi connectivity index (χ3n) is 3.79. The van der Waals surface area contributed by atoms with Crippen molar-refractivity contribution < 1.29 is 14.8 Å². The lowest BCUT2D eigenvalue weighted by molar-refractivity contribution is -0.384. The van der Waals surface area contributed by atoms with Crippen LogP contribution in [0, 0.1) is 10.1 Å². The molecule has 0 aliphatic carbocycles. The fourth-order valence-corrected chi connectivity index (χ4v) is 3.64. The van der Waals surface area contributed by atoms with E-state index in [0.717, 1.165) is 10.0 Å². The van der Waals surface area contributed by atoms with Crippen molar-refractivity contribution in [3.63, 3.8) is 0 Å². The van der Waals surface area contributed by atoms with Gasteiger partial charge in [0.1, 0.15) is 5.75 Å². The van der Waals surface area contributed by atoms with Gasteiger partial charge in [-0.3, -0.25) is 19.6 Å². The number of aromatic nitrogens is 2. The number of nitrogens with one attached hydrogen (secondary N) is 1. The van der Waals surface area contributed by atoms with Crippen LogP contribution in [0.1, 0.15) is 21.6 Å². The average molecular weight is 523 g/mol. The fourth-order valence-electron chi connectivity index (χ4n) is 2.38. The number of aromatic hydroxyl groups is 1. The highest BCUT2D eigenvalue weighted by Gasteiger charge is 2.10. The van der Waals surface area contributed by atoms with Gasteiger partial charge in [0.2, 0.25) is 0 Å². The number of rotatable bonds is 6. The van der Waals surface area contributed by atoms with E-state index in [2.05, 4.69) is 47.5 Å². The number of hydrogen-bond acceptors (Lipinski definition) is 6. The zero-order chi connectivity index (χ0) is 21.0. The molecule has 9 nitrogen and oxygen atoms in total. The molecule has 2 N–H and O–H groups in total. The van der Waals surface area contributed by atoms with E-state index in [-0.39, 0.29) is 17.1 Å². The van der Waals surface area contributed by atoms with E-state index in [1.54, 1.807) is 30.5 Å². The summed E-state index contributed by atoms with van der Waals surface area (Å²) in [7, 11) is 0. The smallest absolute Gasteiger partial charge is 0.291 e. The van der Waals surface area contributed by atoms with Crippen LogP contribution in [0.15, 0.2) is 62.7 Å². The molecule has 1 heterocycles. The molecule has 29 heavy (non-hydrogen) atoms. The summed E-state index contributed by atoms with van der Waals surface area (Å²) in [6, 6.07) is 11.0. The Bertz CT molecular complexity index is 1100. The van der Waals surface area contributed by atoms with E-state index in [4.69, 9.17) is 0 Å². The standard InChI is InChI=1S/C18H13Br2N5O4/c19-13-7-12(17(26)15(20)8-13)9-21-22-18(27)16-5-6-24(23-16)10-11-1-3-14(4-2-11)25(28)29/h1-9,26H,10H2,(H,22,27). The molecule has 3 rings (SSSR count). The van der Waals surface area contributed by atoms with Crippen molar-refractivity contribution in [2.45, 2.75) is 6.54 Å². The van der Waals surface area contributed by atoms with Crippen LogP contribution in [-0.4, -0.2) is 31.9 Å². The number of nitro benzene ring substituents is 1. The fraction of sp³-hybridized carbons (Fsp3) is 0.0556. The van der Waals surface area contributed by atoms with Crippen molar-refractivity contribution in [3.8, 4) is 5.75 Å². The van der Waals surface area contributed by atoms with Gasteiger partial charge < -0.3 is 5.11 Å². The van der Waals surface area contributed by atoms with Crippen LogP contribution < -0.4 is 5.43 Å². The first-order valence-electron chi connectivity index (χ1n) is 8.11. The molecule has 0 aliphatic heterocycles. The van der Waals surface area contributed by atoms with Gasteiger partial charge in [-0.1, -0.05) is 28.1 Å². The van der Waals surface area contributed by atoms with Gasteiger partial charge in [0.05, 0.1) is 22.2 Å². The summed E-state index contributed by atoms with van der Waals surface area (Å²) in [5, 5.41) is 28.7. The Morgan fingerprint density at radius 2 is 2.00 bits per heavy atom. The molecule has 0 radical (unpaired) electrons. The van der Waals surface area contributed by atoms with Gasteiger partial charge in [-0.2, -0.15) is 10.2 Å². The van der Waals surface area contributed by atoms with Crippen LogP contribution in [0.2, 0.25) is 0 Å². The lowest BCUT2D eigenvalue weighted by Crippen LogP contribution is -2.18. The van der Waals surface area contributed by atoms with Crippen LogP contribution in [0.5, 0.6) is 5.75 Å². The summed E-state index contributed by atoms with van der Waals surface area (Å²) in [6.07, 6.45) is 2.94. The highest BCUT2D eigenvalue weighted by molar-refractivity contribution is 9.11. The van der Waals surface area contributed by atoms with Crippen molar-refractivity contribution in [2.75, 3.05) is 0 Å². The maximum absolute atomic E-state index is 12.2. The molecular formula is C18H13Br2N5O4. The predicted molar refractivity (Wildman–Crippen MR) is 113 cm³/mol. The Morgan fingerprint density at radius 1 is 1.28 bits per heavy atom. The van der Waals surface area contributed by atoms with Crippen molar-refractivity contribution in [2.24, 2.45) is 5.10 Å². The SMILES string of the molecule is O=C(NN=Cc1cc(Br)cc(Br)c1O)c1ccn(Cc2ccc([N+](=O)[O-])cc2)n1. The third kappa shape index (κ3) is 5.27. The second-order valence-corrected chi connectivity index (χ2v) is 7.62. The minimum Gasteiger partial charge on any atom is -0.506 e. The van der Waals surface area contributed by atoms with E-state index in [1.807, 2.05) is 0 Å². The van der Waals surface area contributed by atoms with Gasteiger partial charge in [0.15, 0.2) is 5.69 Å². The number of phenols is 1. The maximum atomic E-state index is 12.2. The summed E-state index contributed by atoms with van der Waals surface area (Å²) in [5.74, 6) is -0.518. The minimum absolute atomic E-state index is 0.00132. The van der Waals surface area contributed by atoms with Gasteiger partial charge in [0, 0.05) is 28.4 Å². The van der Waals surface area contributed by atoms with E-state index in [0.29, 0.717) is 16.6 Å². The van der Waals surface area contributed by atoms with Gasteiger partial charge in [-0.15, -0.1) is 0 Å². The van der Waals surface area contributed by atoms with Crippen LogP contribution in [0.4, 0.5) is 5.69 Å². The summed E-state index contributed by atoms with van der Waals surface area (Å²) in [5.41, 5.74) is 3.73. The van der Waals surface area contributed by atoms with Gasteiger partial charge in [-0.25, -0.2) is 5.43 Å². The van der Waals surface area contributed by atoms with Crippen LogP contribution in [-0.2, 0) is 6.54 Å². The highest BCUT2D eigenvalue weighted by atomic mass is 79.9. The third-order valence-corrected chi connectivity index (χ3v) is 4.85. The molecule has 0 unspecified atom stereocenters. The van der Waals surface area contributed by atoms with Crippen molar-refractivity contribution in [1.82, 2.24) is 15.2 Å². The molecule has 3 aromatic rings. The predicted octanol–water partition coefficient (Wildman–Crippen LogP) is 3.83. The Balaban J connectivity index is 1.63. The molecule has 0 fully saturated rings. The first-order chi connectivity index (χ1) is 13.8. The minimum atomic E-state index is -0.516. The second kappa shape index (κ2) is 8.97. The second-order valence-electron chi connectivity index (χ2n) is 5.85. The largest absolute Gasteiger partial charge is 0.506 e. The number of hydrazone groups is 1. The summed E-state index contributed by atoms with van der Waals surface area (Å²) >= 11 is 6.53. The molecule has 0 saturated carbocycles. The molecule has 0 aliphatic rings. The van der Waals surface area contributed by atoms with Gasteiger partial charge in [-0.05, 0) is 39.7 Å². The highest BCUT2D eigenvalue weighted by Crippen LogP contribution is 2.30. The first-order valence-corrected chi connectivity index (χ1v) is 9.70. The number of carbonyl (C=O) groups excluding carboxylic acids is 1. The van der Waals surface area contributed by atoms with Gasteiger partial charge >= 0.3 is 0 Å².